The summed E-state index contributed by atoms with van der Waals surface area (Å²) in [5.41, 5.74) is 0.951. The second-order valence-electron chi connectivity index (χ2n) is 7.30. The number of hydrogen-bond donors (Lipinski definition) is 2. The standard InChI is InChI=1S/C19H29N5O2S/c1-13(2)11-21-18(25)16-14(3)15-17(22-12-23-19(15)27-16)20-5-4-6-24-7-9-26-10-8-24/h12-13H,4-11H2,1-3H3,(H,21,25)(H,20,22,23). The number of fused-ring (bicyclic) bond motifs is 1. The Balaban J connectivity index is 1.64. The lowest BCUT2D eigenvalue weighted by atomic mass is 10.2. The third kappa shape index (κ3) is 5.15. The summed E-state index contributed by atoms with van der Waals surface area (Å²) in [6.45, 7) is 12.4. The number of thiophene rings is 1. The number of aromatic nitrogens is 2. The third-order valence-electron chi connectivity index (χ3n) is 4.65. The maximum absolute atomic E-state index is 12.5. The van der Waals surface area contributed by atoms with Crippen molar-refractivity contribution in [2.75, 3.05) is 51.3 Å². The van der Waals surface area contributed by atoms with Crippen LogP contribution >= 0.6 is 11.3 Å². The highest BCUT2D eigenvalue weighted by Gasteiger charge is 2.19. The van der Waals surface area contributed by atoms with E-state index in [1.54, 1.807) is 6.33 Å². The predicted molar refractivity (Wildman–Crippen MR) is 110 cm³/mol. The van der Waals surface area contributed by atoms with E-state index in [-0.39, 0.29) is 5.91 Å². The molecule has 0 radical (unpaired) electrons. The summed E-state index contributed by atoms with van der Waals surface area (Å²) in [5.74, 6) is 1.22. The van der Waals surface area contributed by atoms with Crippen molar-refractivity contribution in [3.63, 3.8) is 0 Å². The van der Waals surface area contributed by atoms with Crippen molar-refractivity contribution in [2.24, 2.45) is 5.92 Å². The van der Waals surface area contributed by atoms with Crippen molar-refractivity contribution in [1.29, 1.82) is 0 Å². The Hall–Kier alpha value is -1.77. The molecule has 1 amide bonds. The van der Waals surface area contributed by atoms with Crippen LogP contribution in [0.3, 0.4) is 0 Å². The van der Waals surface area contributed by atoms with Gasteiger partial charge >= 0.3 is 0 Å². The van der Waals surface area contributed by atoms with Crippen LogP contribution in [0.5, 0.6) is 0 Å². The Kier molecular flexibility index (Phi) is 6.98. The molecular formula is C19H29N5O2S. The highest BCUT2D eigenvalue weighted by atomic mass is 32.1. The molecule has 8 heteroatoms. The molecule has 0 bridgehead atoms. The molecule has 0 saturated carbocycles. The van der Waals surface area contributed by atoms with Crippen LogP contribution in [0, 0.1) is 12.8 Å². The zero-order valence-electron chi connectivity index (χ0n) is 16.4. The summed E-state index contributed by atoms with van der Waals surface area (Å²) in [4.78, 5) is 25.3. The summed E-state index contributed by atoms with van der Waals surface area (Å²) in [6, 6.07) is 0. The molecule has 0 spiro atoms. The maximum atomic E-state index is 12.5. The van der Waals surface area contributed by atoms with Gasteiger partial charge in [0.1, 0.15) is 17.0 Å². The summed E-state index contributed by atoms with van der Waals surface area (Å²) in [7, 11) is 0. The fourth-order valence-corrected chi connectivity index (χ4v) is 4.20. The monoisotopic (exact) mass is 391 g/mol. The van der Waals surface area contributed by atoms with Crippen LogP contribution in [0.15, 0.2) is 6.33 Å². The average molecular weight is 392 g/mol. The normalized spacial score (nSPS) is 15.4. The number of ether oxygens (including phenoxy) is 1. The highest BCUT2D eigenvalue weighted by Crippen LogP contribution is 2.33. The van der Waals surface area contributed by atoms with E-state index < -0.39 is 0 Å². The molecule has 27 heavy (non-hydrogen) atoms. The van der Waals surface area contributed by atoms with Crippen LogP contribution in [0.25, 0.3) is 10.2 Å². The molecule has 3 rings (SSSR count). The van der Waals surface area contributed by atoms with Gasteiger partial charge in [-0.05, 0) is 31.4 Å². The third-order valence-corrected chi connectivity index (χ3v) is 5.85. The van der Waals surface area contributed by atoms with Gasteiger partial charge in [-0.1, -0.05) is 13.8 Å². The lowest BCUT2D eigenvalue weighted by Crippen LogP contribution is -2.37. The van der Waals surface area contributed by atoms with E-state index in [4.69, 9.17) is 4.74 Å². The van der Waals surface area contributed by atoms with E-state index in [1.807, 2.05) is 6.92 Å². The van der Waals surface area contributed by atoms with Crippen molar-refractivity contribution in [1.82, 2.24) is 20.2 Å². The molecule has 0 atom stereocenters. The number of aryl methyl sites for hydroxylation is 1. The number of hydrogen-bond acceptors (Lipinski definition) is 7. The molecule has 0 aliphatic carbocycles. The number of carbonyl (C=O) groups is 1. The number of nitrogens with one attached hydrogen (secondary N) is 2. The van der Waals surface area contributed by atoms with Gasteiger partial charge in [0.05, 0.1) is 23.5 Å². The van der Waals surface area contributed by atoms with Gasteiger partial charge in [-0.15, -0.1) is 11.3 Å². The minimum Gasteiger partial charge on any atom is -0.379 e. The van der Waals surface area contributed by atoms with Crippen molar-refractivity contribution in [3.05, 3.63) is 16.8 Å². The van der Waals surface area contributed by atoms with Crippen molar-refractivity contribution < 1.29 is 9.53 Å². The van der Waals surface area contributed by atoms with E-state index in [0.29, 0.717) is 12.5 Å². The maximum Gasteiger partial charge on any atom is 0.261 e. The first-order chi connectivity index (χ1) is 13.1. The number of carbonyl (C=O) groups excluding carboxylic acids is 1. The number of anilines is 1. The molecule has 1 aliphatic rings. The largest absolute Gasteiger partial charge is 0.379 e. The number of rotatable bonds is 8. The van der Waals surface area contributed by atoms with E-state index in [1.165, 1.54) is 11.3 Å². The quantitative estimate of drug-likeness (QED) is 0.673. The first kappa shape index (κ1) is 20.0. The fraction of sp³-hybridized carbons (Fsp3) is 0.632. The predicted octanol–water partition coefficient (Wildman–Crippen LogP) is 2.52. The first-order valence-corrected chi connectivity index (χ1v) is 10.4. The van der Waals surface area contributed by atoms with E-state index in [0.717, 1.165) is 72.3 Å². The van der Waals surface area contributed by atoms with Crippen LogP contribution in [-0.4, -0.2) is 66.7 Å². The van der Waals surface area contributed by atoms with Crippen LogP contribution in [0.2, 0.25) is 0 Å². The number of nitrogens with zero attached hydrogens (tertiary/aromatic N) is 3. The molecule has 7 nitrogen and oxygen atoms in total. The topological polar surface area (TPSA) is 79.4 Å². The van der Waals surface area contributed by atoms with Gasteiger partial charge in [0.15, 0.2) is 0 Å². The molecule has 2 aromatic heterocycles. The smallest absolute Gasteiger partial charge is 0.261 e. The molecule has 0 unspecified atom stereocenters. The van der Waals surface area contributed by atoms with Crippen LogP contribution < -0.4 is 10.6 Å². The highest BCUT2D eigenvalue weighted by molar-refractivity contribution is 7.20. The summed E-state index contributed by atoms with van der Waals surface area (Å²) in [6.07, 6.45) is 2.61. The summed E-state index contributed by atoms with van der Waals surface area (Å²) < 4.78 is 5.38. The van der Waals surface area contributed by atoms with Crippen LogP contribution in [0.4, 0.5) is 5.82 Å². The first-order valence-electron chi connectivity index (χ1n) is 9.62. The van der Waals surface area contributed by atoms with Crippen molar-refractivity contribution >= 4 is 33.3 Å². The van der Waals surface area contributed by atoms with Gasteiger partial charge in [0, 0.05) is 26.2 Å². The van der Waals surface area contributed by atoms with Gasteiger partial charge < -0.3 is 15.4 Å². The Morgan fingerprint density at radius 3 is 2.85 bits per heavy atom. The lowest BCUT2D eigenvalue weighted by Gasteiger charge is -2.26. The van der Waals surface area contributed by atoms with Gasteiger partial charge in [0.2, 0.25) is 0 Å². The lowest BCUT2D eigenvalue weighted by molar-refractivity contribution is 0.0378. The van der Waals surface area contributed by atoms with E-state index in [9.17, 15) is 4.79 Å². The van der Waals surface area contributed by atoms with E-state index >= 15 is 0 Å². The zero-order valence-corrected chi connectivity index (χ0v) is 17.2. The molecule has 0 aromatic carbocycles. The average Bonchev–Trinajstić information content (AvgIpc) is 3.02. The fourth-order valence-electron chi connectivity index (χ4n) is 3.13. The zero-order chi connectivity index (χ0) is 19.2. The second-order valence-corrected chi connectivity index (χ2v) is 8.30. The Bertz CT molecular complexity index is 771. The van der Waals surface area contributed by atoms with Gasteiger partial charge in [-0.3, -0.25) is 9.69 Å². The number of amides is 1. The molecular weight excluding hydrogens is 362 g/mol. The molecule has 3 heterocycles. The van der Waals surface area contributed by atoms with Gasteiger partial charge in [-0.2, -0.15) is 0 Å². The molecule has 148 valence electrons. The molecule has 2 N–H and O–H groups in total. The molecule has 1 fully saturated rings. The minimum atomic E-state index is -0.0255. The molecule has 2 aromatic rings. The number of morpholine rings is 1. The van der Waals surface area contributed by atoms with Crippen molar-refractivity contribution in [2.45, 2.75) is 27.2 Å². The van der Waals surface area contributed by atoms with E-state index in [2.05, 4.69) is 39.3 Å². The Morgan fingerprint density at radius 1 is 1.33 bits per heavy atom. The van der Waals surface area contributed by atoms with Crippen LogP contribution in [-0.2, 0) is 4.74 Å². The minimum absolute atomic E-state index is 0.0255. The summed E-state index contributed by atoms with van der Waals surface area (Å²) in [5, 5.41) is 7.39. The summed E-state index contributed by atoms with van der Waals surface area (Å²) >= 11 is 1.43. The van der Waals surface area contributed by atoms with Gasteiger partial charge in [-0.25, -0.2) is 9.97 Å². The Labute approximate surface area is 164 Å². The van der Waals surface area contributed by atoms with Crippen molar-refractivity contribution in [3.8, 4) is 0 Å². The Morgan fingerprint density at radius 2 is 2.11 bits per heavy atom. The van der Waals surface area contributed by atoms with Gasteiger partial charge in [0.25, 0.3) is 5.91 Å². The van der Waals surface area contributed by atoms with Crippen LogP contribution in [0.1, 0.15) is 35.5 Å². The second kappa shape index (κ2) is 9.43. The SMILES string of the molecule is Cc1c(C(=O)NCC(C)C)sc2ncnc(NCCCN3CCOCC3)c12. The molecule has 1 saturated heterocycles. The molecule has 1 aliphatic heterocycles.